The summed E-state index contributed by atoms with van der Waals surface area (Å²) in [5.41, 5.74) is 2.08. The van der Waals surface area contributed by atoms with Gasteiger partial charge in [0.2, 0.25) is 0 Å². The Hall–Kier alpha value is -1.62. The second-order valence-electron chi connectivity index (χ2n) is 6.38. The molecule has 2 amide bonds. The molecule has 22 heavy (non-hydrogen) atoms. The second kappa shape index (κ2) is 6.65. The monoisotopic (exact) mass is 308 g/mol. The average molecular weight is 308 g/mol. The Morgan fingerprint density at radius 1 is 1.36 bits per heavy atom. The van der Waals surface area contributed by atoms with Gasteiger partial charge in [0, 0.05) is 19.0 Å². The minimum Gasteiger partial charge on any atom is -0.393 e. The summed E-state index contributed by atoms with van der Waals surface area (Å²) in [4.78, 5) is 14.0. The molecule has 1 aromatic rings. The van der Waals surface area contributed by atoms with Crippen molar-refractivity contribution in [1.29, 1.82) is 0 Å². The zero-order valence-corrected chi connectivity index (χ0v) is 13.7. The molecule has 1 aromatic carbocycles. The number of rotatable bonds is 3. The largest absolute Gasteiger partial charge is 0.393 e. The van der Waals surface area contributed by atoms with Crippen molar-refractivity contribution in [2.75, 3.05) is 13.1 Å². The molecule has 0 aromatic heterocycles. The van der Waals surface area contributed by atoms with Gasteiger partial charge < -0.3 is 15.3 Å². The number of halogens is 1. The van der Waals surface area contributed by atoms with E-state index in [1.165, 1.54) is 0 Å². The number of aliphatic hydroxyl groups is 1. The minimum atomic E-state index is -0.391. The molecule has 0 unspecified atom stereocenters. The van der Waals surface area contributed by atoms with E-state index in [9.17, 15) is 14.3 Å². The van der Waals surface area contributed by atoms with E-state index in [0.717, 1.165) is 12.0 Å². The van der Waals surface area contributed by atoms with E-state index >= 15 is 0 Å². The summed E-state index contributed by atoms with van der Waals surface area (Å²) in [5.74, 6) is -0.0436. The molecule has 122 valence electrons. The van der Waals surface area contributed by atoms with Gasteiger partial charge in [-0.3, -0.25) is 0 Å². The highest BCUT2D eigenvalue weighted by atomic mass is 19.1. The number of nitrogens with one attached hydrogen (secondary N) is 1. The second-order valence-corrected chi connectivity index (χ2v) is 6.38. The van der Waals surface area contributed by atoms with E-state index in [1.807, 2.05) is 6.92 Å². The molecular weight excluding hydrogens is 283 g/mol. The van der Waals surface area contributed by atoms with E-state index in [-0.39, 0.29) is 23.8 Å². The van der Waals surface area contributed by atoms with Crippen LogP contribution in [-0.2, 0) is 0 Å². The molecule has 5 heteroatoms. The number of carbonyl (C=O) groups is 1. The maximum Gasteiger partial charge on any atom is 0.317 e. The molecule has 2 N–H and O–H groups in total. The summed E-state index contributed by atoms with van der Waals surface area (Å²) >= 11 is 0. The lowest BCUT2D eigenvalue weighted by Gasteiger charge is -2.22. The van der Waals surface area contributed by atoms with Gasteiger partial charge in [-0.2, -0.15) is 0 Å². The van der Waals surface area contributed by atoms with Crippen molar-refractivity contribution in [3.63, 3.8) is 0 Å². The molecule has 1 fully saturated rings. The van der Waals surface area contributed by atoms with Crippen molar-refractivity contribution in [2.45, 2.75) is 46.3 Å². The van der Waals surface area contributed by atoms with Gasteiger partial charge in [-0.25, -0.2) is 9.18 Å². The number of urea groups is 1. The van der Waals surface area contributed by atoms with Crippen LogP contribution in [0.25, 0.3) is 0 Å². The summed E-state index contributed by atoms with van der Waals surface area (Å²) in [7, 11) is 0. The van der Waals surface area contributed by atoms with Crippen molar-refractivity contribution < 1.29 is 14.3 Å². The maximum atomic E-state index is 13.7. The number of aliphatic hydroxyl groups excluding tert-OH is 1. The minimum absolute atomic E-state index is 0.129. The molecule has 0 saturated carbocycles. The third-order valence-corrected chi connectivity index (χ3v) is 4.49. The van der Waals surface area contributed by atoms with Gasteiger partial charge >= 0.3 is 6.03 Å². The summed E-state index contributed by atoms with van der Waals surface area (Å²) in [6.07, 6.45) is 0.437. The van der Waals surface area contributed by atoms with Gasteiger partial charge in [0.15, 0.2) is 0 Å². The van der Waals surface area contributed by atoms with Crippen LogP contribution in [0.2, 0.25) is 0 Å². The molecule has 1 aliphatic rings. The standard InChI is InChI=1S/C17H25FN2O2/c1-10-7-15(8-11(2)16(10)18)12(3)19-17(22)20-6-5-14(9-20)13(4)21/h7-8,12-14,21H,5-6,9H2,1-4H3,(H,19,22)/t12-,13-,14+/m0/s1. The third-order valence-electron chi connectivity index (χ3n) is 4.49. The molecule has 0 aliphatic carbocycles. The first-order valence-corrected chi connectivity index (χ1v) is 7.79. The first-order valence-electron chi connectivity index (χ1n) is 7.79. The van der Waals surface area contributed by atoms with Gasteiger partial charge in [0.1, 0.15) is 5.82 Å². The summed E-state index contributed by atoms with van der Waals surface area (Å²) in [6.45, 7) is 8.36. The first-order chi connectivity index (χ1) is 10.3. The molecule has 0 bridgehead atoms. The number of amides is 2. The van der Waals surface area contributed by atoms with Gasteiger partial charge in [-0.15, -0.1) is 0 Å². The molecule has 1 saturated heterocycles. The predicted molar refractivity (Wildman–Crippen MR) is 84.2 cm³/mol. The molecule has 3 atom stereocenters. The Kier molecular flexibility index (Phi) is 5.06. The average Bonchev–Trinajstić information content (AvgIpc) is 2.94. The lowest BCUT2D eigenvalue weighted by atomic mass is 10.0. The molecule has 4 nitrogen and oxygen atoms in total. The fraction of sp³-hybridized carbons (Fsp3) is 0.588. The highest BCUT2D eigenvalue weighted by Crippen LogP contribution is 2.22. The molecule has 2 rings (SSSR count). The normalized spacial score (nSPS) is 20.8. The van der Waals surface area contributed by atoms with Gasteiger partial charge in [-0.05, 0) is 50.8 Å². The zero-order chi connectivity index (χ0) is 16.4. The van der Waals surface area contributed by atoms with Crippen LogP contribution in [0.1, 0.15) is 43.0 Å². The number of aryl methyl sites for hydroxylation is 2. The van der Waals surface area contributed by atoms with E-state index in [4.69, 9.17) is 0 Å². The maximum absolute atomic E-state index is 13.7. The lowest BCUT2D eigenvalue weighted by molar-refractivity contribution is 0.129. The van der Waals surface area contributed by atoms with Gasteiger partial charge in [0.05, 0.1) is 12.1 Å². The van der Waals surface area contributed by atoms with Gasteiger partial charge in [0.25, 0.3) is 0 Å². The summed E-state index contributed by atoms with van der Waals surface area (Å²) < 4.78 is 13.7. The van der Waals surface area contributed by atoms with Crippen LogP contribution in [-0.4, -0.2) is 35.2 Å². The Bertz CT molecular complexity index is 537. The van der Waals surface area contributed by atoms with Crippen molar-refractivity contribution in [1.82, 2.24) is 10.2 Å². The molecule has 1 aliphatic heterocycles. The molecule has 1 heterocycles. The van der Waals surface area contributed by atoms with Crippen molar-refractivity contribution >= 4 is 6.03 Å². The van der Waals surface area contributed by atoms with Crippen molar-refractivity contribution in [3.05, 3.63) is 34.6 Å². The van der Waals surface area contributed by atoms with Crippen molar-refractivity contribution in [3.8, 4) is 0 Å². The van der Waals surface area contributed by atoms with E-state index < -0.39 is 6.10 Å². The molecular formula is C17H25FN2O2. The predicted octanol–water partition coefficient (Wildman–Crippen LogP) is 2.92. The zero-order valence-electron chi connectivity index (χ0n) is 13.7. The number of benzene rings is 1. The number of carbonyl (C=O) groups excluding carboxylic acids is 1. The Morgan fingerprint density at radius 2 is 1.95 bits per heavy atom. The summed E-state index contributed by atoms with van der Waals surface area (Å²) in [6, 6.07) is 3.23. The quantitative estimate of drug-likeness (QED) is 0.902. The van der Waals surface area contributed by atoms with Crippen LogP contribution in [0.3, 0.4) is 0 Å². The van der Waals surface area contributed by atoms with Crippen LogP contribution in [0.4, 0.5) is 9.18 Å². The van der Waals surface area contributed by atoms with Crippen LogP contribution >= 0.6 is 0 Å². The van der Waals surface area contributed by atoms with Crippen LogP contribution in [0.5, 0.6) is 0 Å². The Morgan fingerprint density at radius 3 is 2.45 bits per heavy atom. The van der Waals surface area contributed by atoms with Crippen molar-refractivity contribution in [2.24, 2.45) is 5.92 Å². The number of hydrogen-bond donors (Lipinski definition) is 2. The van der Waals surface area contributed by atoms with E-state index in [1.54, 1.807) is 37.8 Å². The van der Waals surface area contributed by atoms with Crippen LogP contribution in [0, 0.1) is 25.6 Å². The fourth-order valence-electron chi connectivity index (χ4n) is 2.95. The Labute approximate surface area is 131 Å². The Balaban J connectivity index is 2.00. The molecule has 0 radical (unpaired) electrons. The van der Waals surface area contributed by atoms with Gasteiger partial charge in [-0.1, -0.05) is 12.1 Å². The van der Waals surface area contributed by atoms with Crippen LogP contribution < -0.4 is 5.32 Å². The highest BCUT2D eigenvalue weighted by molar-refractivity contribution is 5.75. The number of nitrogens with zero attached hydrogens (tertiary/aromatic N) is 1. The fourth-order valence-corrected chi connectivity index (χ4v) is 2.95. The SMILES string of the molecule is Cc1cc([C@H](C)NC(=O)N2CC[C@@H]([C@H](C)O)C2)cc(C)c1F. The smallest absolute Gasteiger partial charge is 0.317 e. The van der Waals surface area contributed by atoms with Crippen LogP contribution in [0.15, 0.2) is 12.1 Å². The highest BCUT2D eigenvalue weighted by Gasteiger charge is 2.29. The number of likely N-dealkylation sites (tertiary alicyclic amines) is 1. The first kappa shape index (κ1) is 16.7. The third kappa shape index (κ3) is 3.58. The summed E-state index contributed by atoms with van der Waals surface area (Å²) in [5, 5.41) is 12.6. The lowest BCUT2D eigenvalue weighted by Crippen LogP contribution is -2.40. The topological polar surface area (TPSA) is 52.6 Å². The molecule has 0 spiro atoms. The van der Waals surface area contributed by atoms with E-state index in [0.29, 0.717) is 24.2 Å². The van der Waals surface area contributed by atoms with E-state index in [2.05, 4.69) is 5.32 Å². The number of hydrogen-bond acceptors (Lipinski definition) is 2.